The second-order valence-electron chi connectivity index (χ2n) is 3.73. The van der Waals surface area contributed by atoms with Crippen molar-refractivity contribution in [3.05, 3.63) is 59.9 Å². The van der Waals surface area contributed by atoms with Crippen LogP contribution in [0, 0.1) is 17.1 Å². The van der Waals surface area contributed by atoms with Crippen molar-refractivity contribution in [2.45, 2.75) is 4.90 Å². The minimum Gasteiger partial charge on any atom is -0.279 e. The van der Waals surface area contributed by atoms with Crippen LogP contribution in [0.4, 0.5) is 10.1 Å². The van der Waals surface area contributed by atoms with Crippen LogP contribution in [0.2, 0.25) is 0 Å². The van der Waals surface area contributed by atoms with Crippen molar-refractivity contribution in [3.8, 4) is 6.07 Å². The van der Waals surface area contributed by atoms with Crippen molar-refractivity contribution in [2.75, 3.05) is 4.72 Å². The Balaban J connectivity index is 2.37. The summed E-state index contributed by atoms with van der Waals surface area (Å²) in [5.74, 6) is -0.827. The largest absolute Gasteiger partial charge is 0.279 e. The van der Waals surface area contributed by atoms with Crippen molar-refractivity contribution in [1.82, 2.24) is 0 Å². The maximum absolute atomic E-state index is 13.5. The number of sulfonamides is 1. The van der Waals surface area contributed by atoms with Gasteiger partial charge < -0.3 is 0 Å². The van der Waals surface area contributed by atoms with Crippen LogP contribution in [0.5, 0.6) is 0 Å². The van der Waals surface area contributed by atoms with E-state index in [0.29, 0.717) is 5.56 Å². The number of anilines is 1. The molecule has 2 aromatic carbocycles. The molecule has 1 N–H and O–H groups in total. The molecule has 4 nitrogen and oxygen atoms in total. The number of nitrogens with zero attached hydrogens (tertiary/aromatic N) is 1. The van der Waals surface area contributed by atoms with Crippen molar-refractivity contribution in [1.29, 1.82) is 5.26 Å². The van der Waals surface area contributed by atoms with Crippen molar-refractivity contribution >= 4 is 15.7 Å². The fraction of sp³-hybridized carbons (Fsp3) is 0. The van der Waals surface area contributed by atoms with Crippen molar-refractivity contribution in [3.63, 3.8) is 0 Å². The summed E-state index contributed by atoms with van der Waals surface area (Å²) in [7, 11) is -4.00. The minimum absolute atomic E-state index is 0.210. The van der Waals surface area contributed by atoms with Crippen LogP contribution in [0.3, 0.4) is 0 Å². The summed E-state index contributed by atoms with van der Waals surface area (Å²) in [5, 5.41) is 8.73. The average Bonchev–Trinajstić information content (AvgIpc) is 2.38. The molecule has 0 saturated heterocycles. The Bertz CT molecular complexity index is 751. The third kappa shape index (κ3) is 2.89. The predicted octanol–water partition coefficient (Wildman–Crippen LogP) is 2.50. The van der Waals surface area contributed by atoms with Gasteiger partial charge in [-0.3, -0.25) is 4.72 Å². The summed E-state index contributed by atoms with van der Waals surface area (Å²) >= 11 is 0. The Morgan fingerprint density at radius 3 is 2.53 bits per heavy atom. The molecule has 2 rings (SSSR count). The Labute approximate surface area is 110 Å². The molecular formula is C13H9FN2O2S. The number of benzene rings is 2. The summed E-state index contributed by atoms with van der Waals surface area (Å²) in [6.45, 7) is 0. The first-order valence-electron chi connectivity index (χ1n) is 5.30. The Morgan fingerprint density at radius 1 is 1.11 bits per heavy atom. The van der Waals surface area contributed by atoms with E-state index in [4.69, 9.17) is 5.26 Å². The van der Waals surface area contributed by atoms with Crippen molar-refractivity contribution in [2.24, 2.45) is 0 Å². The third-order valence-corrected chi connectivity index (χ3v) is 3.78. The molecule has 0 fully saturated rings. The number of nitriles is 1. The number of rotatable bonds is 3. The van der Waals surface area contributed by atoms with Crippen molar-refractivity contribution < 1.29 is 12.8 Å². The summed E-state index contributed by atoms with van der Waals surface area (Å²) < 4.78 is 39.7. The first-order valence-corrected chi connectivity index (χ1v) is 6.79. The van der Waals surface area contributed by atoms with E-state index in [1.165, 1.54) is 36.4 Å². The van der Waals surface area contributed by atoms with E-state index >= 15 is 0 Å². The maximum Gasteiger partial charge on any atom is 0.264 e. The summed E-state index contributed by atoms with van der Waals surface area (Å²) in [6, 6.07) is 12.9. The van der Waals surface area contributed by atoms with Crippen LogP contribution in [0.1, 0.15) is 5.56 Å². The fourth-order valence-electron chi connectivity index (χ4n) is 1.53. The zero-order chi connectivity index (χ0) is 13.9. The first kappa shape index (κ1) is 13.1. The van der Waals surface area contributed by atoms with Gasteiger partial charge in [-0.25, -0.2) is 12.8 Å². The number of hydrogen-bond donors (Lipinski definition) is 1. The van der Waals surface area contributed by atoms with Gasteiger partial charge in [-0.2, -0.15) is 5.26 Å². The van der Waals surface area contributed by atoms with Crippen LogP contribution in [0.25, 0.3) is 0 Å². The van der Waals surface area contributed by atoms with Gasteiger partial charge in [0.1, 0.15) is 10.7 Å². The van der Waals surface area contributed by atoms with Crippen LogP contribution < -0.4 is 4.72 Å². The molecule has 0 amide bonds. The molecule has 0 aromatic heterocycles. The van der Waals surface area contributed by atoms with E-state index in [2.05, 4.69) is 4.72 Å². The zero-order valence-corrected chi connectivity index (χ0v) is 10.5. The van der Waals surface area contributed by atoms with E-state index < -0.39 is 20.7 Å². The van der Waals surface area contributed by atoms with Gasteiger partial charge in [0, 0.05) is 0 Å². The smallest absolute Gasteiger partial charge is 0.264 e. The van der Waals surface area contributed by atoms with Crippen LogP contribution in [-0.4, -0.2) is 8.42 Å². The Kier molecular flexibility index (Phi) is 3.49. The highest BCUT2D eigenvalue weighted by Crippen LogP contribution is 2.19. The summed E-state index contributed by atoms with van der Waals surface area (Å²) in [5.41, 5.74) is 0.524. The summed E-state index contributed by atoms with van der Waals surface area (Å²) in [4.78, 5) is -0.433. The topological polar surface area (TPSA) is 70.0 Å². The van der Waals surface area contributed by atoms with Gasteiger partial charge in [-0.1, -0.05) is 18.2 Å². The molecule has 0 aliphatic heterocycles. The number of nitrogens with one attached hydrogen (secondary N) is 1. The second-order valence-corrected chi connectivity index (χ2v) is 5.38. The van der Waals surface area contributed by atoms with E-state index in [1.54, 1.807) is 6.07 Å². The molecule has 0 unspecified atom stereocenters. The Hall–Kier alpha value is -2.39. The normalized spacial score (nSPS) is 10.7. The molecule has 0 saturated carbocycles. The molecular weight excluding hydrogens is 267 g/mol. The van der Waals surface area contributed by atoms with E-state index in [1.807, 2.05) is 6.07 Å². The van der Waals surface area contributed by atoms with Gasteiger partial charge in [0.05, 0.1) is 17.3 Å². The highest BCUT2D eigenvalue weighted by atomic mass is 32.2. The number of halogens is 1. The minimum atomic E-state index is -4.00. The average molecular weight is 276 g/mol. The van der Waals surface area contributed by atoms with Gasteiger partial charge >= 0.3 is 0 Å². The molecule has 0 radical (unpaired) electrons. The molecule has 96 valence electrons. The molecule has 6 heteroatoms. The highest BCUT2D eigenvalue weighted by Gasteiger charge is 2.18. The zero-order valence-electron chi connectivity index (χ0n) is 9.67. The molecule has 0 spiro atoms. The lowest BCUT2D eigenvalue weighted by Crippen LogP contribution is -2.14. The lowest BCUT2D eigenvalue weighted by molar-refractivity contribution is 0.570. The standard InChI is InChI=1S/C13H9FN2O2S/c14-12-6-1-2-7-13(12)19(17,18)16-11-5-3-4-10(8-11)9-15/h1-8,16H. The van der Waals surface area contributed by atoms with Gasteiger partial charge in [0.25, 0.3) is 10.0 Å². The third-order valence-electron chi connectivity index (χ3n) is 2.37. The van der Waals surface area contributed by atoms with E-state index in [0.717, 1.165) is 6.07 Å². The van der Waals surface area contributed by atoms with Crippen LogP contribution >= 0.6 is 0 Å². The lowest BCUT2D eigenvalue weighted by Gasteiger charge is -2.08. The molecule has 0 aliphatic rings. The summed E-state index contributed by atoms with van der Waals surface area (Å²) in [6.07, 6.45) is 0. The molecule has 0 heterocycles. The predicted molar refractivity (Wildman–Crippen MR) is 68.4 cm³/mol. The lowest BCUT2D eigenvalue weighted by atomic mass is 10.2. The fourth-order valence-corrected chi connectivity index (χ4v) is 2.65. The van der Waals surface area contributed by atoms with E-state index in [-0.39, 0.29) is 5.69 Å². The monoisotopic (exact) mass is 276 g/mol. The maximum atomic E-state index is 13.5. The van der Waals surface area contributed by atoms with Crippen LogP contribution in [0.15, 0.2) is 53.4 Å². The quantitative estimate of drug-likeness (QED) is 0.936. The van der Waals surface area contributed by atoms with E-state index in [9.17, 15) is 12.8 Å². The number of hydrogen-bond acceptors (Lipinski definition) is 3. The molecule has 0 bridgehead atoms. The molecule has 2 aromatic rings. The highest BCUT2D eigenvalue weighted by molar-refractivity contribution is 7.92. The SMILES string of the molecule is N#Cc1cccc(NS(=O)(=O)c2ccccc2F)c1. The molecule has 19 heavy (non-hydrogen) atoms. The second kappa shape index (κ2) is 5.08. The Morgan fingerprint density at radius 2 is 1.84 bits per heavy atom. The molecule has 0 aliphatic carbocycles. The van der Waals surface area contributed by atoms with Crippen LogP contribution in [-0.2, 0) is 10.0 Å². The first-order chi connectivity index (χ1) is 9.03. The van der Waals surface area contributed by atoms with Gasteiger partial charge in [0.15, 0.2) is 0 Å². The van der Waals surface area contributed by atoms with Gasteiger partial charge in [-0.05, 0) is 30.3 Å². The van der Waals surface area contributed by atoms with Gasteiger partial charge in [-0.15, -0.1) is 0 Å². The van der Waals surface area contributed by atoms with Gasteiger partial charge in [0.2, 0.25) is 0 Å². The molecule has 0 atom stereocenters.